The Morgan fingerprint density at radius 2 is 2.06 bits per heavy atom. The first-order chi connectivity index (χ1) is 7.16. The standard InChI is InChI=1S/C11H25N3O.HI/c1-4-7-13-11(12)14-8-5-6-9-15-10(2)3;/h10H,4-9H2,1-3H3,(H3,12,13,14);1H. The van der Waals surface area contributed by atoms with E-state index in [9.17, 15) is 0 Å². The Kier molecular flexibility index (Phi) is 14.9. The minimum absolute atomic E-state index is 0. The molecule has 0 aliphatic rings. The molecule has 5 heteroatoms. The molecule has 16 heavy (non-hydrogen) atoms. The van der Waals surface area contributed by atoms with E-state index in [4.69, 9.17) is 10.5 Å². The molecule has 0 atom stereocenters. The predicted molar refractivity (Wildman–Crippen MR) is 80.5 cm³/mol. The minimum atomic E-state index is 0. The number of guanidine groups is 1. The molecule has 0 bridgehead atoms. The van der Waals surface area contributed by atoms with Crippen molar-refractivity contribution in [1.29, 1.82) is 0 Å². The predicted octanol–water partition coefficient (Wildman–Crippen LogP) is 2.12. The van der Waals surface area contributed by atoms with Gasteiger partial charge in [0.15, 0.2) is 5.96 Å². The van der Waals surface area contributed by atoms with Crippen LogP contribution in [0.5, 0.6) is 0 Å². The van der Waals surface area contributed by atoms with Crippen LogP contribution in [0.15, 0.2) is 4.99 Å². The van der Waals surface area contributed by atoms with Gasteiger partial charge in [0.25, 0.3) is 0 Å². The molecule has 0 aliphatic carbocycles. The topological polar surface area (TPSA) is 59.6 Å². The summed E-state index contributed by atoms with van der Waals surface area (Å²) in [5, 5.41) is 3.08. The average molecular weight is 343 g/mol. The molecular weight excluding hydrogens is 317 g/mol. The molecule has 0 saturated heterocycles. The number of nitrogens with zero attached hydrogens (tertiary/aromatic N) is 1. The van der Waals surface area contributed by atoms with Crippen LogP contribution >= 0.6 is 24.0 Å². The number of aliphatic imine (C=N–C) groups is 1. The normalized spacial score (nSPS) is 11.4. The zero-order valence-electron chi connectivity index (χ0n) is 10.7. The van der Waals surface area contributed by atoms with Gasteiger partial charge in [0.2, 0.25) is 0 Å². The maximum absolute atomic E-state index is 5.63. The van der Waals surface area contributed by atoms with Gasteiger partial charge in [0.1, 0.15) is 0 Å². The van der Waals surface area contributed by atoms with Crippen molar-refractivity contribution in [1.82, 2.24) is 5.32 Å². The molecule has 98 valence electrons. The van der Waals surface area contributed by atoms with Gasteiger partial charge in [-0.05, 0) is 33.1 Å². The van der Waals surface area contributed by atoms with Crippen LogP contribution in [-0.4, -0.2) is 31.8 Å². The molecule has 0 amide bonds. The van der Waals surface area contributed by atoms with Gasteiger partial charge < -0.3 is 15.8 Å². The molecule has 0 heterocycles. The van der Waals surface area contributed by atoms with E-state index in [1.807, 2.05) is 13.8 Å². The Hall–Kier alpha value is -0.0400. The van der Waals surface area contributed by atoms with Gasteiger partial charge in [-0.2, -0.15) is 0 Å². The first-order valence-corrected chi connectivity index (χ1v) is 5.82. The van der Waals surface area contributed by atoms with E-state index in [1.54, 1.807) is 0 Å². The molecule has 0 fully saturated rings. The lowest BCUT2D eigenvalue weighted by atomic mass is 10.3. The van der Waals surface area contributed by atoms with Gasteiger partial charge in [-0.3, -0.25) is 4.99 Å². The van der Waals surface area contributed by atoms with E-state index < -0.39 is 0 Å². The van der Waals surface area contributed by atoms with E-state index in [2.05, 4.69) is 17.2 Å². The third-order valence-electron chi connectivity index (χ3n) is 1.83. The summed E-state index contributed by atoms with van der Waals surface area (Å²) >= 11 is 0. The van der Waals surface area contributed by atoms with E-state index in [0.717, 1.165) is 39.0 Å². The first-order valence-electron chi connectivity index (χ1n) is 5.82. The van der Waals surface area contributed by atoms with Gasteiger partial charge >= 0.3 is 0 Å². The van der Waals surface area contributed by atoms with Crippen LogP contribution in [0.4, 0.5) is 0 Å². The molecule has 0 aliphatic heterocycles. The van der Waals surface area contributed by atoms with Crippen molar-refractivity contribution in [2.24, 2.45) is 10.7 Å². The molecule has 0 aromatic heterocycles. The summed E-state index contributed by atoms with van der Waals surface area (Å²) in [6.07, 6.45) is 3.49. The van der Waals surface area contributed by atoms with Crippen LogP contribution in [0.2, 0.25) is 0 Å². The number of hydrogen-bond donors (Lipinski definition) is 2. The van der Waals surface area contributed by atoms with Crippen molar-refractivity contribution < 1.29 is 4.74 Å². The average Bonchev–Trinajstić information content (AvgIpc) is 2.19. The quantitative estimate of drug-likeness (QED) is 0.307. The van der Waals surface area contributed by atoms with Crippen LogP contribution in [0.25, 0.3) is 0 Å². The van der Waals surface area contributed by atoms with Gasteiger partial charge in [0, 0.05) is 19.7 Å². The Morgan fingerprint density at radius 1 is 1.38 bits per heavy atom. The highest BCUT2D eigenvalue weighted by atomic mass is 127. The molecule has 4 nitrogen and oxygen atoms in total. The first kappa shape index (κ1) is 18.3. The molecule has 0 unspecified atom stereocenters. The van der Waals surface area contributed by atoms with Crippen molar-refractivity contribution in [3.8, 4) is 0 Å². The lowest BCUT2D eigenvalue weighted by Crippen LogP contribution is -2.32. The summed E-state index contributed by atoms with van der Waals surface area (Å²) in [7, 11) is 0. The third-order valence-corrected chi connectivity index (χ3v) is 1.83. The number of nitrogens with two attached hydrogens (primary N) is 1. The summed E-state index contributed by atoms with van der Waals surface area (Å²) in [5.41, 5.74) is 5.63. The van der Waals surface area contributed by atoms with Gasteiger partial charge in [0.05, 0.1) is 6.10 Å². The fraction of sp³-hybridized carbons (Fsp3) is 0.909. The molecule has 0 radical (unpaired) electrons. The molecular formula is C11H26IN3O. The largest absolute Gasteiger partial charge is 0.379 e. The fourth-order valence-corrected chi connectivity index (χ4v) is 1.05. The summed E-state index contributed by atoms with van der Waals surface area (Å²) in [6, 6.07) is 0. The van der Waals surface area contributed by atoms with Crippen LogP contribution in [0.3, 0.4) is 0 Å². The maximum Gasteiger partial charge on any atom is 0.188 e. The second kappa shape index (κ2) is 13.0. The number of halogens is 1. The Labute approximate surface area is 116 Å². The molecule has 3 N–H and O–H groups in total. The zero-order chi connectivity index (χ0) is 11.5. The second-order valence-corrected chi connectivity index (χ2v) is 3.82. The summed E-state index contributed by atoms with van der Waals surface area (Å²) in [6.45, 7) is 8.68. The van der Waals surface area contributed by atoms with Crippen molar-refractivity contribution in [2.75, 3.05) is 19.7 Å². The number of rotatable bonds is 8. The monoisotopic (exact) mass is 343 g/mol. The Morgan fingerprint density at radius 3 is 2.62 bits per heavy atom. The van der Waals surface area contributed by atoms with Gasteiger partial charge in [-0.15, -0.1) is 24.0 Å². The molecule has 0 aromatic carbocycles. The fourth-order valence-electron chi connectivity index (χ4n) is 1.05. The highest BCUT2D eigenvalue weighted by Crippen LogP contribution is 1.93. The zero-order valence-corrected chi connectivity index (χ0v) is 13.0. The number of hydrogen-bond acceptors (Lipinski definition) is 2. The molecule has 0 spiro atoms. The highest BCUT2D eigenvalue weighted by molar-refractivity contribution is 14.0. The van der Waals surface area contributed by atoms with E-state index in [1.165, 1.54) is 0 Å². The maximum atomic E-state index is 5.63. The van der Waals surface area contributed by atoms with Crippen LogP contribution in [-0.2, 0) is 4.74 Å². The van der Waals surface area contributed by atoms with Crippen LogP contribution < -0.4 is 11.1 Å². The minimum Gasteiger partial charge on any atom is -0.379 e. The summed E-state index contributed by atoms with van der Waals surface area (Å²) < 4.78 is 5.42. The third kappa shape index (κ3) is 14.0. The van der Waals surface area contributed by atoms with Crippen LogP contribution in [0, 0.1) is 0 Å². The van der Waals surface area contributed by atoms with Crippen molar-refractivity contribution in [3.05, 3.63) is 0 Å². The number of ether oxygens (including phenoxy) is 1. The van der Waals surface area contributed by atoms with Gasteiger partial charge in [-0.1, -0.05) is 6.92 Å². The van der Waals surface area contributed by atoms with E-state index in [-0.39, 0.29) is 24.0 Å². The van der Waals surface area contributed by atoms with Crippen molar-refractivity contribution in [3.63, 3.8) is 0 Å². The lowest BCUT2D eigenvalue weighted by molar-refractivity contribution is 0.0762. The number of nitrogens with one attached hydrogen (secondary N) is 1. The Balaban J connectivity index is 0. The van der Waals surface area contributed by atoms with Crippen molar-refractivity contribution >= 4 is 29.9 Å². The number of unbranched alkanes of at least 4 members (excludes halogenated alkanes) is 1. The molecule has 0 aromatic rings. The molecule has 0 saturated carbocycles. The van der Waals surface area contributed by atoms with Gasteiger partial charge in [-0.25, -0.2) is 0 Å². The SMILES string of the molecule is CCCN=C(N)NCCCCOC(C)C.I. The van der Waals surface area contributed by atoms with E-state index >= 15 is 0 Å². The highest BCUT2D eigenvalue weighted by Gasteiger charge is 1.94. The van der Waals surface area contributed by atoms with Crippen molar-refractivity contribution in [2.45, 2.75) is 46.1 Å². The second-order valence-electron chi connectivity index (χ2n) is 3.82. The summed E-state index contributed by atoms with van der Waals surface area (Å²) in [5.74, 6) is 0.557. The summed E-state index contributed by atoms with van der Waals surface area (Å²) in [4.78, 5) is 4.14. The van der Waals surface area contributed by atoms with E-state index in [0.29, 0.717) is 12.1 Å². The lowest BCUT2D eigenvalue weighted by Gasteiger charge is -2.08. The smallest absolute Gasteiger partial charge is 0.188 e. The molecule has 0 rings (SSSR count). The van der Waals surface area contributed by atoms with Crippen LogP contribution in [0.1, 0.15) is 40.0 Å². The Bertz CT molecular complexity index is 175.